The van der Waals surface area contributed by atoms with Crippen LogP contribution in [0.4, 0.5) is 4.39 Å². The lowest BCUT2D eigenvalue weighted by atomic mass is 10.2. The second-order valence-electron chi connectivity index (χ2n) is 4.86. The minimum absolute atomic E-state index is 0.0841. The van der Waals surface area contributed by atoms with Crippen LogP contribution in [0.5, 0.6) is 0 Å². The number of nitrogens with one attached hydrogen (secondary N) is 1. The van der Waals surface area contributed by atoms with E-state index in [-0.39, 0.29) is 11.9 Å². The summed E-state index contributed by atoms with van der Waals surface area (Å²) in [6, 6.07) is 13.1. The molecule has 1 heterocycles. The highest BCUT2D eigenvalue weighted by Gasteiger charge is 2.12. The van der Waals surface area contributed by atoms with Gasteiger partial charge in [0.25, 0.3) is 0 Å². The summed E-state index contributed by atoms with van der Waals surface area (Å²) in [5.74, 6) is -0.192. The molecule has 1 N–H and O–H groups in total. The monoisotopic (exact) mass is 364 g/mol. The SMILES string of the molecule is CC(NCc1cc(Br)ccc1F)c1nc2ccccc2s1. The van der Waals surface area contributed by atoms with Crippen LogP contribution in [0.25, 0.3) is 10.2 Å². The average Bonchev–Trinajstić information content (AvgIpc) is 2.92. The van der Waals surface area contributed by atoms with Gasteiger partial charge in [0.15, 0.2) is 0 Å². The second-order valence-corrected chi connectivity index (χ2v) is 6.84. The second kappa shape index (κ2) is 6.22. The largest absolute Gasteiger partial charge is 0.304 e. The van der Waals surface area contributed by atoms with Gasteiger partial charge in [0.2, 0.25) is 0 Å². The van der Waals surface area contributed by atoms with E-state index in [0.717, 1.165) is 15.0 Å². The first-order chi connectivity index (χ1) is 10.1. The predicted molar refractivity (Wildman–Crippen MR) is 89.0 cm³/mol. The van der Waals surface area contributed by atoms with Crippen molar-refractivity contribution in [3.05, 3.63) is 63.3 Å². The summed E-state index contributed by atoms with van der Waals surface area (Å²) in [6.45, 7) is 2.52. The van der Waals surface area contributed by atoms with Crippen molar-refractivity contribution in [3.8, 4) is 0 Å². The van der Waals surface area contributed by atoms with Gasteiger partial charge in [-0.05, 0) is 37.3 Å². The number of thiazole rings is 1. The number of hydrogen-bond acceptors (Lipinski definition) is 3. The number of para-hydroxylation sites is 1. The molecule has 0 aliphatic rings. The molecule has 0 aliphatic carbocycles. The molecule has 0 bridgehead atoms. The van der Waals surface area contributed by atoms with E-state index in [0.29, 0.717) is 12.1 Å². The Morgan fingerprint density at radius 3 is 2.90 bits per heavy atom. The summed E-state index contributed by atoms with van der Waals surface area (Å²) in [5, 5.41) is 4.35. The number of hydrogen-bond donors (Lipinski definition) is 1. The van der Waals surface area contributed by atoms with Crippen LogP contribution in [-0.4, -0.2) is 4.98 Å². The predicted octanol–water partition coefficient (Wildman–Crippen LogP) is 5.05. The summed E-state index contributed by atoms with van der Waals surface area (Å²) >= 11 is 5.04. The average molecular weight is 365 g/mol. The zero-order chi connectivity index (χ0) is 14.8. The first-order valence-electron chi connectivity index (χ1n) is 6.66. The molecule has 0 fully saturated rings. The molecule has 3 rings (SSSR count). The highest BCUT2D eigenvalue weighted by Crippen LogP contribution is 2.26. The lowest BCUT2D eigenvalue weighted by Crippen LogP contribution is -2.18. The molecule has 0 aliphatic heterocycles. The lowest BCUT2D eigenvalue weighted by Gasteiger charge is -2.11. The highest BCUT2D eigenvalue weighted by molar-refractivity contribution is 9.10. The Morgan fingerprint density at radius 1 is 1.29 bits per heavy atom. The normalized spacial score (nSPS) is 12.7. The molecule has 0 amide bonds. The summed E-state index contributed by atoms with van der Waals surface area (Å²) in [4.78, 5) is 4.62. The molecular formula is C16H14BrFN2S. The van der Waals surface area contributed by atoms with Gasteiger partial charge >= 0.3 is 0 Å². The van der Waals surface area contributed by atoms with Crippen LogP contribution < -0.4 is 5.32 Å². The molecule has 1 aromatic heterocycles. The Labute approximate surface area is 135 Å². The minimum atomic E-state index is -0.192. The molecule has 3 aromatic rings. The highest BCUT2D eigenvalue weighted by atomic mass is 79.9. The number of benzene rings is 2. The number of fused-ring (bicyclic) bond motifs is 1. The maximum atomic E-state index is 13.7. The van der Waals surface area contributed by atoms with Crippen LogP contribution in [0.15, 0.2) is 46.9 Å². The third kappa shape index (κ3) is 3.31. The molecule has 0 radical (unpaired) electrons. The van der Waals surface area contributed by atoms with Crippen molar-refractivity contribution in [2.45, 2.75) is 19.5 Å². The molecule has 2 aromatic carbocycles. The molecule has 21 heavy (non-hydrogen) atoms. The Hall–Kier alpha value is -1.30. The Bertz CT molecular complexity index is 739. The van der Waals surface area contributed by atoms with Crippen molar-refractivity contribution in [1.29, 1.82) is 0 Å². The van der Waals surface area contributed by atoms with E-state index < -0.39 is 0 Å². The van der Waals surface area contributed by atoms with Gasteiger partial charge in [-0.2, -0.15) is 0 Å². The van der Waals surface area contributed by atoms with Crippen LogP contribution in [0.1, 0.15) is 23.5 Å². The van der Waals surface area contributed by atoms with Crippen LogP contribution in [0.3, 0.4) is 0 Å². The standard InChI is InChI=1S/C16H14BrFN2S/c1-10(16-20-14-4-2-3-5-15(14)21-16)19-9-11-8-12(17)6-7-13(11)18/h2-8,10,19H,9H2,1H3. The maximum absolute atomic E-state index is 13.7. The van der Waals surface area contributed by atoms with Crippen molar-refractivity contribution in [2.75, 3.05) is 0 Å². The van der Waals surface area contributed by atoms with E-state index in [4.69, 9.17) is 0 Å². The van der Waals surface area contributed by atoms with Gasteiger partial charge in [-0.3, -0.25) is 0 Å². The van der Waals surface area contributed by atoms with Crippen LogP contribution in [0, 0.1) is 5.82 Å². The van der Waals surface area contributed by atoms with Gasteiger partial charge in [0, 0.05) is 16.6 Å². The Balaban J connectivity index is 1.74. The number of rotatable bonds is 4. The Kier molecular flexibility index (Phi) is 4.33. The molecule has 1 unspecified atom stereocenters. The number of aromatic nitrogens is 1. The first kappa shape index (κ1) is 14.6. The summed E-state index contributed by atoms with van der Waals surface area (Å²) in [7, 11) is 0. The van der Waals surface area contributed by atoms with Gasteiger partial charge in [0.1, 0.15) is 10.8 Å². The van der Waals surface area contributed by atoms with Crippen molar-refractivity contribution >= 4 is 37.5 Å². The third-order valence-electron chi connectivity index (χ3n) is 3.29. The molecule has 0 spiro atoms. The number of halogens is 2. The van der Waals surface area contributed by atoms with Gasteiger partial charge in [-0.25, -0.2) is 9.37 Å². The molecule has 108 valence electrons. The van der Waals surface area contributed by atoms with E-state index in [1.54, 1.807) is 23.5 Å². The third-order valence-corrected chi connectivity index (χ3v) is 5.00. The van der Waals surface area contributed by atoms with Crippen molar-refractivity contribution in [3.63, 3.8) is 0 Å². The molecule has 2 nitrogen and oxygen atoms in total. The molecule has 1 atom stereocenters. The minimum Gasteiger partial charge on any atom is -0.304 e. The van der Waals surface area contributed by atoms with E-state index in [1.807, 2.05) is 25.1 Å². The quantitative estimate of drug-likeness (QED) is 0.700. The van der Waals surface area contributed by atoms with Crippen molar-refractivity contribution in [1.82, 2.24) is 10.3 Å². The van der Waals surface area contributed by atoms with Gasteiger partial charge < -0.3 is 5.32 Å². The zero-order valence-electron chi connectivity index (χ0n) is 11.4. The lowest BCUT2D eigenvalue weighted by molar-refractivity contribution is 0.543. The van der Waals surface area contributed by atoms with Crippen LogP contribution in [0.2, 0.25) is 0 Å². The fourth-order valence-corrected chi connectivity index (χ4v) is 3.51. The van der Waals surface area contributed by atoms with Crippen molar-refractivity contribution < 1.29 is 4.39 Å². The van der Waals surface area contributed by atoms with Gasteiger partial charge in [-0.15, -0.1) is 11.3 Å². The van der Waals surface area contributed by atoms with E-state index in [2.05, 4.69) is 32.3 Å². The molecule has 0 saturated carbocycles. The molecule has 5 heteroatoms. The molecular weight excluding hydrogens is 351 g/mol. The topological polar surface area (TPSA) is 24.9 Å². The summed E-state index contributed by atoms with van der Waals surface area (Å²) in [6.07, 6.45) is 0. The van der Waals surface area contributed by atoms with Crippen LogP contribution in [-0.2, 0) is 6.54 Å². The van der Waals surface area contributed by atoms with E-state index >= 15 is 0 Å². The maximum Gasteiger partial charge on any atom is 0.127 e. The van der Waals surface area contributed by atoms with E-state index in [9.17, 15) is 4.39 Å². The van der Waals surface area contributed by atoms with Gasteiger partial charge in [-0.1, -0.05) is 28.1 Å². The van der Waals surface area contributed by atoms with Crippen molar-refractivity contribution in [2.24, 2.45) is 0 Å². The van der Waals surface area contributed by atoms with Crippen LogP contribution >= 0.6 is 27.3 Å². The van der Waals surface area contributed by atoms with Gasteiger partial charge in [0.05, 0.1) is 16.3 Å². The first-order valence-corrected chi connectivity index (χ1v) is 8.27. The fourth-order valence-electron chi connectivity index (χ4n) is 2.10. The fraction of sp³-hybridized carbons (Fsp3) is 0.188. The zero-order valence-corrected chi connectivity index (χ0v) is 13.8. The number of nitrogens with zero attached hydrogens (tertiary/aromatic N) is 1. The van der Waals surface area contributed by atoms with E-state index in [1.165, 1.54) is 10.8 Å². The smallest absolute Gasteiger partial charge is 0.127 e. The summed E-state index contributed by atoms with van der Waals surface area (Å²) < 4.78 is 15.8. The summed E-state index contributed by atoms with van der Waals surface area (Å²) in [5.41, 5.74) is 1.66. The molecule has 0 saturated heterocycles. The Morgan fingerprint density at radius 2 is 2.10 bits per heavy atom.